The average Bonchev–Trinajstić information content (AvgIpc) is 2.95. The zero-order chi connectivity index (χ0) is 28.9. The maximum absolute atomic E-state index is 13.3. The van der Waals surface area contributed by atoms with Crippen molar-refractivity contribution in [1.29, 1.82) is 0 Å². The molecule has 5 rings (SSSR count). The lowest BCUT2D eigenvalue weighted by Crippen LogP contribution is -2.65. The summed E-state index contributed by atoms with van der Waals surface area (Å²) in [6.07, 6.45) is -16.6. The van der Waals surface area contributed by atoms with Crippen LogP contribution in [0.15, 0.2) is 36.4 Å². The molecule has 2 fully saturated rings. The van der Waals surface area contributed by atoms with E-state index in [-0.39, 0.29) is 28.0 Å². The summed E-state index contributed by atoms with van der Waals surface area (Å²) in [6.45, 7) is -1.53. The highest BCUT2D eigenvalue weighted by molar-refractivity contribution is 6.30. The molecule has 2 heterocycles. The van der Waals surface area contributed by atoms with Crippen molar-refractivity contribution >= 4 is 11.6 Å². The Morgan fingerprint density at radius 1 is 0.675 bits per heavy atom. The molecule has 0 unspecified atom stereocenters. The first-order chi connectivity index (χ1) is 19.1. The molecule has 0 radical (unpaired) electrons. The van der Waals surface area contributed by atoms with Gasteiger partial charge in [-0.15, -0.1) is 0 Å². The minimum Gasteiger partial charge on any atom is -0.507 e. The van der Waals surface area contributed by atoms with Gasteiger partial charge in [-0.3, -0.25) is 9.59 Å². The van der Waals surface area contributed by atoms with Gasteiger partial charge < -0.3 is 59.8 Å². The minimum atomic E-state index is -1.87. The molecule has 3 aliphatic rings. The average molecular weight is 564 g/mol. The zero-order valence-corrected chi connectivity index (χ0v) is 20.7. The summed E-state index contributed by atoms with van der Waals surface area (Å²) < 4.78 is 22.1. The Labute approximate surface area is 226 Å². The van der Waals surface area contributed by atoms with Gasteiger partial charge in [0.25, 0.3) is 0 Å². The van der Waals surface area contributed by atoms with E-state index in [0.717, 1.165) is 0 Å². The third kappa shape index (κ3) is 4.67. The van der Waals surface area contributed by atoms with Crippen LogP contribution in [0, 0.1) is 0 Å². The molecule has 10 atom stereocenters. The van der Waals surface area contributed by atoms with Crippen molar-refractivity contribution in [3.05, 3.63) is 58.7 Å². The Hall–Kier alpha value is -3.02. The third-order valence-electron chi connectivity index (χ3n) is 7.22. The van der Waals surface area contributed by atoms with Crippen LogP contribution < -0.4 is 4.74 Å². The van der Waals surface area contributed by atoms with Crippen molar-refractivity contribution < 1.29 is 69.4 Å². The first-order valence-electron chi connectivity index (χ1n) is 12.4. The van der Waals surface area contributed by atoms with Gasteiger partial charge in [0.1, 0.15) is 60.3 Å². The molecule has 14 nitrogen and oxygen atoms in total. The molecule has 2 aromatic carbocycles. The zero-order valence-electron chi connectivity index (χ0n) is 20.7. The molecule has 216 valence electrons. The van der Waals surface area contributed by atoms with Crippen molar-refractivity contribution in [2.75, 3.05) is 13.2 Å². The molecular weight excluding hydrogens is 536 g/mol. The van der Waals surface area contributed by atoms with Gasteiger partial charge in [0, 0.05) is 11.1 Å². The molecular formula is C26H28O14. The number of aliphatic hydroxyl groups excluding tert-OH is 7. The van der Waals surface area contributed by atoms with Crippen molar-refractivity contribution in [3.63, 3.8) is 0 Å². The van der Waals surface area contributed by atoms with Crippen molar-refractivity contribution in [2.45, 2.75) is 61.4 Å². The second-order valence-corrected chi connectivity index (χ2v) is 9.66. The highest BCUT2D eigenvalue weighted by atomic mass is 16.7. The highest BCUT2D eigenvalue weighted by Crippen LogP contribution is 2.38. The van der Waals surface area contributed by atoms with Gasteiger partial charge in [-0.2, -0.15) is 0 Å². The van der Waals surface area contributed by atoms with Gasteiger partial charge in [-0.25, -0.2) is 0 Å². The van der Waals surface area contributed by atoms with Crippen LogP contribution in [0.3, 0.4) is 0 Å². The highest BCUT2D eigenvalue weighted by Gasteiger charge is 2.51. The summed E-state index contributed by atoms with van der Waals surface area (Å²) in [4.78, 5) is 26.4. The summed E-state index contributed by atoms with van der Waals surface area (Å²) in [5, 5.41) is 81.4. The fourth-order valence-electron chi connectivity index (χ4n) is 5.07. The van der Waals surface area contributed by atoms with Gasteiger partial charge >= 0.3 is 0 Å². The van der Waals surface area contributed by atoms with E-state index in [0.29, 0.717) is 0 Å². The molecule has 1 aliphatic carbocycles. The van der Waals surface area contributed by atoms with Crippen LogP contribution in [0.5, 0.6) is 11.5 Å². The van der Waals surface area contributed by atoms with E-state index in [9.17, 15) is 50.4 Å². The maximum atomic E-state index is 13.3. The van der Waals surface area contributed by atoms with E-state index in [2.05, 4.69) is 0 Å². The largest absolute Gasteiger partial charge is 0.507 e. The third-order valence-corrected chi connectivity index (χ3v) is 7.22. The Morgan fingerprint density at radius 3 is 1.95 bits per heavy atom. The number of rotatable bonds is 6. The molecule has 2 aliphatic heterocycles. The summed E-state index contributed by atoms with van der Waals surface area (Å²) in [5.74, 6) is -1.87. The van der Waals surface area contributed by atoms with Crippen molar-refractivity contribution in [3.8, 4) is 11.5 Å². The molecule has 0 bridgehead atoms. The Bertz CT molecular complexity index is 1280. The number of hydrogen-bond donors (Lipinski definition) is 8. The maximum Gasteiger partial charge on any atom is 0.229 e. The standard InChI is InChI=1S/C26H28O14/c27-7-13-18(31)20(33)22(35)26(38-13)40-24-14(8-28)39-25(23(36)21(24)34)37-12-6-2-4-10-16(12)19(32)15-9(17(10)30)3-1-5-11(15)29/h1-6,13-14,18,20-29,31,33-36H,7-8H2/t13-,14-,18+,20+,21-,22+,23-,24+,25+,26+/m0/s1. The lowest BCUT2D eigenvalue weighted by Gasteiger charge is -2.45. The molecule has 0 aromatic heterocycles. The van der Waals surface area contributed by atoms with Gasteiger partial charge in [0.15, 0.2) is 12.1 Å². The van der Waals surface area contributed by atoms with Crippen LogP contribution in [-0.2, 0) is 14.2 Å². The fraction of sp³-hybridized carbons (Fsp3) is 0.462. The fourth-order valence-corrected chi connectivity index (χ4v) is 5.07. The summed E-state index contributed by atoms with van der Waals surface area (Å²) in [7, 11) is 0. The predicted octanol–water partition coefficient (Wildman–Crippen LogP) is -2.83. The summed E-state index contributed by atoms with van der Waals surface area (Å²) >= 11 is 0. The Kier molecular flexibility index (Phi) is 7.91. The van der Waals surface area contributed by atoms with Gasteiger partial charge in [-0.05, 0) is 12.1 Å². The number of phenolic OH excluding ortho intramolecular Hbond substituents is 1. The molecule has 0 spiro atoms. The van der Waals surface area contributed by atoms with Crippen LogP contribution in [-0.4, -0.2) is 127 Å². The molecule has 2 saturated heterocycles. The summed E-state index contributed by atoms with van der Waals surface area (Å²) in [5.41, 5.74) is -0.434. The number of carbonyl (C=O) groups is 2. The predicted molar refractivity (Wildman–Crippen MR) is 128 cm³/mol. The second-order valence-electron chi connectivity index (χ2n) is 9.66. The van der Waals surface area contributed by atoms with Crippen molar-refractivity contribution in [1.82, 2.24) is 0 Å². The van der Waals surface area contributed by atoms with Crippen LogP contribution in [0.2, 0.25) is 0 Å². The normalized spacial score (nSPS) is 35.7. The van der Waals surface area contributed by atoms with Crippen molar-refractivity contribution in [2.24, 2.45) is 0 Å². The quantitative estimate of drug-likeness (QED) is 0.151. The van der Waals surface area contributed by atoms with E-state index >= 15 is 0 Å². The van der Waals surface area contributed by atoms with Crippen LogP contribution in [0.25, 0.3) is 0 Å². The molecule has 2 aromatic rings. The number of phenols is 1. The lowest BCUT2D eigenvalue weighted by atomic mass is 9.83. The monoisotopic (exact) mass is 564 g/mol. The number of ether oxygens (including phenoxy) is 4. The van der Waals surface area contributed by atoms with E-state index in [4.69, 9.17) is 18.9 Å². The number of hydrogen-bond acceptors (Lipinski definition) is 14. The molecule has 0 amide bonds. The summed E-state index contributed by atoms with van der Waals surface area (Å²) in [6, 6.07) is 8.22. The van der Waals surface area contributed by atoms with E-state index in [1.54, 1.807) is 0 Å². The van der Waals surface area contributed by atoms with Gasteiger partial charge in [-0.1, -0.05) is 24.3 Å². The molecule has 40 heavy (non-hydrogen) atoms. The SMILES string of the molecule is O=C1c2cccc(O)c2C(=O)c2c(O[C@@H]3O[C@@H](CO)[C@@H](O[C@H]4O[C@@H](CO)[C@@H](O)[C@@H](O)[C@H]4O)[C@@H](O)[C@@H]3O)cccc21. The van der Waals surface area contributed by atoms with Gasteiger partial charge in [0.05, 0.1) is 24.3 Å². The number of ketones is 2. The topological polar surface area (TPSA) is 233 Å². The number of fused-ring (bicyclic) bond motifs is 2. The van der Waals surface area contributed by atoms with Crippen LogP contribution in [0.4, 0.5) is 0 Å². The smallest absolute Gasteiger partial charge is 0.229 e. The Morgan fingerprint density at radius 2 is 1.27 bits per heavy atom. The minimum absolute atomic E-state index is 0.00699. The van der Waals surface area contributed by atoms with E-state index in [1.807, 2.05) is 0 Å². The lowest BCUT2D eigenvalue weighted by molar-refractivity contribution is -0.352. The first-order valence-corrected chi connectivity index (χ1v) is 12.4. The first kappa shape index (κ1) is 28.5. The van der Waals surface area contributed by atoms with Gasteiger partial charge in [0.2, 0.25) is 12.1 Å². The van der Waals surface area contributed by atoms with Crippen LogP contribution >= 0.6 is 0 Å². The number of aliphatic hydroxyl groups is 7. The number of benzene rings is 2. The molecule has 14 heteroatoms. The van der Waals surface area contributed by atoms with Crippen LogP contribution in [0.1, 0.15) is 31.8 Å². The van der Waals surface area contributed by atoms with E-state index in [1.165, 1.54) is 36.4 Å². The molecule has 0 saturated carbocycles. The van der Waals surface area contributed by atoms with E-state index < -0.39 is 91.9 Å². The number of aromatic hydroxyl groups is 1. The second kappa shape index (κ2) is 11.1. The number of carbonyl (C=O) groups excluding carboxylic acids is 2. The Balaban J connectivity index is 1.38. The molecule has 8 N–H and O–H groups in total.